The number of rotatable bonds is 4. The summed E-state index contributed by atoms with van der Waals surface area (Å²) >= 11 is 0. The highest BCUT2D eigenvalue weighted by Gasteiger charge is 2.23. The van der Waals surface area contributed by atoms with E-state index in [1.54, 1.807) is 0 Å². The minimum absolute atomic E-state index is 0.299. The van der Waals surface area contributed by atoms with Crippen molar-refractivity contribution < 1.29 is 9.18 Å². The van der Waals surface area contributed by atoms with Crippen molar-refractivity contribution in [3.63, 3.8) is 0 Å². The normalized spacial score (nSPS) is 23.0. The fourth-order valence-electron chi connectivity index (χ4n) is 2.59. The molecule has 1 amide bonds. The highest BCUT2D eigenvalue weighted by Crippen LogP contribution is 2.30. The smallest absolute Gasteiger partial charge is 0.248 e. The standard InChI is InChI=1S/C14H19FN2O/c1-2-9-3-5-11(7-9)17-13-8-10(14(16)18)4-6-12(13)15/h4,6,8-9,11,17H,2-3,5,7H2,1H3,(H2,16,18). The largest absolute Gasteiger partial charge is 0.380 e. The van der Waals surface area contributed by atoms with Crippen molar-refractivity contribution in [2.24, 2.45) is 11.7 Å². The summed E-state index contributed by atoms with van der Waals surface area (Å²) in [4.78, 5) is 11.1. The fraction of sp³-hybridized carbons (Fsp3) is 0.500. The molecular formula is C14H19FN2O. The quantitative estimate of drug-likeness (QED) is 0.863. The Morgan fingerprint density at radius 2 is 2.28 bits per heavy atom. The first-order chi connectivity index (χ1) is 8.60. The van der Waals surface area contributed by atoms with E-state index in [1.807, 2.05) is 0 Å². The van der Waals surface area contributed by atoms with Crippen molar-refractivity contribution in [2.45, 2.75) is 38.6 Å². The third-order valence-electron chi connectivity index (χ3n) is 3.73. The molecule has 1 aliphatic rings. The number of amides is 1. The number of benzene rings is 1. The minimum atomic E-state index is -0.532. The minimum Gasteiger partial charge on any atom is -0.380 e. The first-order valence-electron chi connectivity index (χ1n) is 6.46. The molecule has 4 heteroatoms. The number of carbonyl (C=O) groups excluding carboxylic acids is 1. The molecular weight excluding hydrogens is 231 g/mol. The lowest BCUT2D eigenvalue weighted by atomic mass is 10.1. The second-order valence-corrected chi connectivity index (χ2v) is 4.99. The van der Waals surface area contributed by atoms with Crippen LogP contribution in [0.4, 0.5) is 10.1 Å². The molecule has 18 heavy (non-hydrogen) atoms. The summed E-state index contributed by atoms with van der Waals surface area (Å²) in [6, 6.07) is 4.49. The third-order valence-corrected chi connectivity index (χ3v) is 3.73. The number of carbonyl (C=O) groups is 1. The molecule has 1 fully saturated rings. The topological polar surface area (TPSA) is 55.1 Å². The average molecular weight is 250 g/mol. The summed E-state index contributed by atoms with van der Waals surface area (Å²) in [6.07, 6.45) is 4.47. The maximum atomic E-state index is 13.7. The van der Waals surface area contributed by atoms with Gasteiger partial charge in [0.15, 0.2) is 0 Å². The van der Waals surface area contributed by atoms with Gasteiger partial charge in [0.1, 0.15) is 5.82 Å². The van der Waals surface area contributed by atoms with Gasteiger partial charge in [0.05, 0.1) is 5.69 Å². The summed E-state index contributed by atoms with van der Waals surface area (Å²) in [7, 11) is 0. The molecule has 1 aliphatic carbocycles. The van der Waals surface area contributed by atoms with Crippen molar-refractivity contribution in [3.8, 4) is 0 Å². The number of nitrogens with one attached hydrogen (secondary N) is 1. The van der Waals surface area contributed by atoms with Gasteiger partial charge < -0.3 is 11.1 Å². The SMILES string of the molecule is CCC1CCC(Nc2cc(C(N)=O)ccc2F)C1. The summed E-state index contributed by atoms with van der Waals surface area (Å²) in [5.41, 5.74) is 5.91. The van der Waals surface area contributed by atoms with Gasteiger partial charge in [0.25, 0.3) is 0 Å². The van der Waals surface area contributed by atoms with Crippen molar-refractivity contribution >= 4 is 11.6 Å². The van der Waals surface area contributed by atoms with Gasteiger partial charge in [-0.25, -0.2) is 4.39 Å². The van der Waals surface area contributed by atoms with Crippen LogP contribution in [0.25, 0.3) is 0 Å². The Morgan fingerprint density at radius 3 is 2.89 bits per heavy atom. The number of primary amides is 1. The molecule has 1 saturated carbocycles. The Bertz CT molecular complexity index is 447. The fourth-order valence-corrected chi connectivity index (χ4v) is 2.59. The second kappa shape index (κ2) is 5.38. The first kappa shape index (κ1) is 12.9. The second-order valence-electron chi connectivity index (χ2n) is 4.99. The monoisotopic (exact) mass is 250 g/mol. The number of anilines is 1. The molecule has 0 heterocycles. The number of hydrogen-bond donors (Lipinski definition) is 2. The van der Waals surface area contributed by atoms with Crippen LogP contribution in [0.2, 0.25) is 0 Å². The van der Waals surface area contributed by atoms with Crippen LogP contribution in [0.3, 0.4) is 0 Å². The summed E-state index contributed by atoms with van der Waals surface area (Å²) in [5.74, 6) is -0.138. The van der Waals surface area contributed by atoms with Crippen LogP contribution >= 0.6 is 0 Å². The molecule has 3 nitrogen and oxygen atoms in total. The Labute approximate surface area is 107 Å². The van der Waals surface area contributed by atoms with Crippen LogP contribution in [0.1, 0.15) is 43.0 Å². The lowest BCUT2D eigenvalue weighted by Gasteiger charge is -2.15. The van der Waals surface area contributed by atoms with Crippen LogP contribution < -0.4 is 11.1 Å². The van der Waals surface area contributed by atoms with Gasteiger partial charge >= 0.3 is 0 Å². The van der Waals surface area contributed by atoms with Crippen molar-refractivity contribution in [1.29, 1.82) is 0 Å². The molecule has 2 atom stereocenters. The van der Waals surface area contributed by atoms with Gasteiger partial charge in [0.2, 0.25) is 5.91 Å². The van der Waals surface area contributed by atoms with Crippen LogP contribution in [0.5, 0.6) is 0 Å². The van der Waals surface area contributed by atoms with E-state index in [-0.39, 0.29) is 5.82 Å². The Morgan fingerprint density at radius 1 is 1.50 bits per heavy atom. The lowest BCUT2D eigenvalue weighted by Crippen LogP contribution is -2.18. The van der Waals surface area contributed by atoms with Gasteiger partial charge in [-0.1, -0.05) is 13.3 Å². The summed E-state index contributed by atoms with van der Waals surface area (Å²) in [5, 5.41) is 3.19. The highest BCUT2D eigenvalue weighted by atomic mass is 19.1. The molecule has 0 saturated heterocycles. The van der Waals surface area contributed by atoms with Crippen molar-refractivity contribution in [3.05, 3.63) is 29.6 Å². The van der Waals surface area contributed by atoms with E-state index in [0.717, 1.165) is 18.8 Å². The number of hydrogen-bond acceptors (Lipinski definition) is 2. The van der Waals surface area contributed by atoms with Crippen LogP contribution in [0.15, 0.2) is 18.2 Å². The Kier molecular flexibility index (Phi) is 3.84. The summed E-state index contributed by atoms with van der Waals surface area (Å²) in [6.45, 7) is 2.18. The molecule has 0 aromatic heterocycles. The van der Waals surface area contributed by atoms with Crippen LogP contribution in [0, 0.1) is 11.7 Å². The molecule has 2 rings (SSSR count). The molecule has 1 aromatic carbocycles. The van der Waals surface area contributed by atoms with Crippen molar-refractivity contribution in [1.82, 2.24) is 0 Å². The predicted octanol–water partition coefficient (Wildman–Crippen LogP) is 2.92. The zero-order valence-electron chi connectivity index (χ0n) is 10.6. The van der Waals surface area contributed by atoms with E-state index >= 15 is 0 Å². The van der Waals surface area contributed by atoms with Gasteiger partial charge in [0, 0.05) is 11.6 Å². The van der Waals surface area contributed by atoms with Gasteiger partial charge in [-0.3, -0.25) is 4.79 Å². The molecule has 98 valence electrons. The third kappa shape index (κ3) is 2.81. The molecule has 0 bridgehead atoms. The molecule has 2 unspecified atom stereocenters. The summed E-state index contributed by atoms with van der Waals surface area (Å²) < 4.78 is 13.7. The Hall–Kier alpha value is -1.58. The van der Waals surface area contributed by atoms with Gasteiger partial charge in [-0.2, -0.15) is 0 Å². The van der Waals surface area contributed by atoms with E-state index < -0.39 is 5.91 Å². The lowest BCUT2D eigenvalue weighted by molar-refractivity contribution is 0.100. The maximum Gasteiger partial charge on any atom is 0.248 e. The van der Waals surface area contributed by atoms with Crippen LogP contribution in [-0.4, -0.2) is 11.9 Å². The Balaban J connectivity index is 2.09. The van der Waals surface area contributed by atoms with E-state index in [0.29, 0.717) is 17.3 Å². The van der Waals surface area contributed by atoms with Crippen LogP contribution in [-0.2, 0) is 0 Å². The number of nitrogens with two attached hydrogens (primary N) is 1. The van der Waals surface area contributed by atoms with Gasteiger partial charge in [-0.05, 0) is 43.4 Å². The molecule has 1 aromatic rings. The van der Waals surface area contributed by atoms with E-state index in [9.17, 15) is 9.18 Å². The van der Waals surface area contributed by atoms with E-state index in [2.05, 4.69) is 12.2 Å². The van der Waals surface area contributed by atoms with E-state index in [4.69, 9.17) is 5.73 Å². The predicted molar refractivity (Wildman–Crippen MR) is 70.0 cm³/mol. The average Bonchev–Trinajstić information content (AvgIpc) is 2.79. The molecule has 0 radical (unpaired) electrons. The zero-order valence-corrected chi connectivity index (χ0v) is 10.6. The molecule has 0 aliphatic heterocycles. The zero-order chi connectivity index (χ0) is 13.1. The van der Waals surface area contributed by atoms with E-state index in [1.165, 1.54) is 31.0 Å². The molecule has 0 spiro atoms. The first-order valence-corrected chi connectivity index (χ1v) is 6.46. The van der Waals surface area contributed by atoms with Gasteiger partial charge in [-0.15, -0.1) is 0 Å². The maximum absolute atomic E-state index is 13.7. The number of halogens is 1. The van der Waals surface area contributed by atoms with Crippen molar-refractivity contribution in [2.75, 3.05) is 5.32 Å². The molecule has 3 N–H and O–H groups in total. The highest BCUT2D eigenvalue weighted by molar-refractivity contribution is 5.93.